The molecule has 0 aromatic rings. The second-order valence-corrected chi connectivity index (χ2v) is 6.66. The first-order valence-corrected chi connectivity index (χ1v) is 6.31. The second kappa shape index (κ2) is 4.02. The Kier molecular flexibility index (Phi) is 3.18. The van der Waals surface area contributed by atoms with Gasteiger partial charge in [-0.2, -0.15) is 0 Å². The van der Waals surface area contributed by atoms with E-state index in [0.29, 0.717) is 6.61 Å². The Hall–Kier alpha value is 0.415. The van der Waals surface area contributed by atoms with Gasteiger partial charge in [0.15, 0.2) is 0 Å². The van der Waals surface area contributed by atoms with E-state index in [2.05, 4.69) is 49.4 Å². The number of ether oxygens (including phenoxy) is 1. The van der Waals surface area contributed by atoms with Crippen LogP contribution in [-0.4, -0.2) is 29.5 Å². The molecule has 2 heterocycles. The molecule has 0 radical (unpaired) electrons. The lowest BCUT2D eigenvalue weighted by Gasteiger charge is -2.30. The highest BCUT2D eigenvalue weighted by molar-refractivity contribution is 14.1. The zero-order valence-corrected chi connectivity index (χ0v) is 11.5. The van der Waals surface area contributed by atoms with Crippen molar-refractivity contribution >= 4 is 29.7 Å². The van der Waals surface area contributed by atoms with Crippen LogP contribution in [0, 0.1) is 0 Å². The molecule has 0 amide bonds. The predicted octanol–water partition coefficient (Wildman–Crippen LogP) is 2.34. The van der Waals surface area contributed by atoms with Gasteiger partial charge in [0.2, 0.25) is 0 Å². The molecule has 2 aliphatic heterocycles. The van der Waals surface area contributed by atoms with Crippen LogP contribution in [0.25, 0.3) is 0 Å². The van der Waals surface area contributed by atoms with Crippen molar-refractivity contribution in [1.82, 2.24) is 0 Å². The second-order valence-electron chi connectivity index (χ2n) is 4.60. The Balaban J connectivity index is 2.12. The van der Waals surface area contributed by atoms with Gasteiger partial charge in [-0.05, 0) is 55.3 Å². The van der Waals surface area contributed by atoms with Crippen molar-refractivity contribution in [2.75, 3.05) is 13.2 Å². The number of hydrogen-bond acceptors (Lipinski definition) is 3. The van der Waals surface area contributed by atoms with Gasteiger partial charge in [0.25, 0.3) is 0 Å². The van der Waals surface area contributed by atoms with Crippen LogP contribution in [0.4, 0.5) is 0 Å². The molecule has 15 heavy (non-hydrogen) atoms. The van der Waals surface area contributed by atoms with Crippen molar-refractivity contribution in [3.05, 3.63) is 11.5 Å². The lowest BCUT2D eigenvalue weighted by atomic mass is 9.75. The van der Waals surface area contributed by atoms with E-state index < -0.39 is 0 Å². The van der Waals surface area contributed by atoms with E-state index in [4.69, 9.17) is 14.0 Å². The third kappa shape index (κ3) is 2.25. The van der Waals surface area contributed by atoms with E-state index >= 15 is 0 Å². The first kappa shape index (κ1) is 11.9. The first-order chi connectivity index (χ1) is 6.92. The maximum Gasteiger partial charge on any atom is 0.491 e. The van der Waals surface area contributed by atoms with Crippen LogP contribution < -0.4 is 0 Å². The van der Waals surface area contributed by atoms with Gasteiger partial charge >= 0.3 is 7.12 Å². The lowest BCUT2D eigenvalue weighted by molar-refractivity contribution is 0.0724. The minimum Gasteiger partial charge on any atom is -0.399 e. The number of hydrogen-bond donors (Lipinski definition) is 0. The van der Waals surface area contributed by atoms with Gasteiger partial charge in [-0.1, -0.05) is 6.08 Å². The van der Waals surface area contributed by atoms with E-state index in [1.54, 1.807) is 0 Å². The highest BCUT2D eigenvalue weighted by atomic mass is 127. The van der Waals surface area contributed by atoms with E-state index in [9.17, 15) is 0 Å². The fraction of sp³-hybridized carbons (Fsp3) is 0.800. The van der Waals surface area contributed by atoms with Crippen LogP contribution in [0.15, 0.2) is 11.5 Å². The summed E-state index contributed by atoms with van der Waals surface area (Å²) in [5, 5.41) is 0. The van der Waals surface area contributed by atoms with Crippen LogP contribution in [0.5, 0.6) is 0 Å². The molecule has 0 saturated carbocycles. The average Bonchev–Trinajstić information content (AvgIpc) is 2.38. The highest BCUT2D eigenvalue weighted by Crippen LogP contribution is 2.44. The molecule has 0 spiro atoms. The van der Waals surface area contributed by atoms with E-state index in [1.807, 2.05) is 0 Å². The van der Waals surface area contributed by atoms with Gasteiger partial charge in [-0.15, -0.1) is 0 Å². The molecule has 1 unspecified atom stereocenters. The number of rotatable bonds is 1. The third-order valence-electron chi connectivity index (χ3n) is 3.11. The summed E-state index contributed by atoms with van der Waals surface area (Å²) in [5.74, 6) is 0. The minimum atomic E-state index is -0.269. The van der Waals surface area contributed by atoms with Gasteiger partial charge in [-0.3, -0.25) is 0 Å². The van der Waals surface area contributed by atoms with Gasteiger partial charge in [-0.25, -0.2) is 0 Å². The quantitative estimate of drug-likeness (QED) is 0.421. The molecular weight excluding hydrogens is 306 g/mol. The third-order valence-corrected chi connectivity index (χ3v) is 4.66. The summed E-state index contributed by atoms with van der Waals surface area (Å²) in [6.45, 7) is 7.65. The normalized spacial score (nSPS) is 35.5. The molecule has 1 fully saturated rings. The van der Waals surface area contributed by atoms with Crippen LogP contribution in [0.3, 0.4) is 0 Å². The van der Waals surface area contributed by atoms with Crippen molar-refractivity contribution in [3.8, 4) is 0 Å². The lowest BCUT2D eigenvalue weighted by Crippen LogP contribution is -2.38. The smallest absolute Gasteiger partial charge is 0.399 e. The monoisotopic (exact) mass is 322 g/mol. The molecule has 0 bridgehead atoms. The number of alkyl halides is 1. The van der Waals surface area contributed by atoms with E-state index in [1.165, 1.54) is 5.47 Å². The van der Waals surface area contributed by atoms with Gasteiger partial charge < -0.3 is 14.0 Å². The zero-order valence-electron chi connectivity index (χ0n) is 9.38. The van der Waals surface area contributed by atoms with Crippen LogP contribution in [0.1, 0.15) is 27.2 Å². The summed E-state index contributed by atoms with van der Waals surface area (Å²) >= 11 is 2.31. The summed E-state index contributed by atoms with van der Waals surface area (Å²) < 4.78 is 16.9. The Morgan fingerprint density at radius 3 is 2.53 bits per heavy atom. The molecule has 5 heteroatoms. The molecule has 0 aromatic carbocycles. The maximum atomic E-state index is 5.95. The molecule has 1 atom stereocenters. The summed E-state index contributed by atoms with van der Waals surface area (Å²) in [6.07, 6.45) is 2.98. The Morgan fingerprint density at radius 1 is 1.33 bits per heavy atom. The fourth-order valence-electron chi connectivity index (χ4n) is 1.65. The molecule has 3 nitrogen and oxygen atoms in total. The van der Waals surface area contributed by atoms with Crippen LogP contribution in [-0.2, 0) is 14.0 Å². The standard InChI is InChI=1S/C10H16BIO3/c1-9(2)10(3,12)15-11(14-9)8-4-6-13-7-5-8/h4H,5-7H2,1-3H3. The summed E-state index contributed by atoms with van der Waals surface area (Å²) in [4.78, 5) is 0. The molecule has 84 valence electrons. The molecule has 0 aliphatic carbocycles. The minimum absolute atomic E-state index is 0.189. The Labute approximate surface area is 105 Å². The number of halogens is 1. The maximum absolute atomic E-state index is 5.95. The van der Waals surface area contributed by atoms with Crippen molar-refractivity contribution in [3.63, 3.8) is 0 Å². The van der Waals surface area contributed by atoms with E-state index in [0.717, 1.165) is 13.0 Å². The summed E-state index contributed by atoms with van der Waals surface area (Å²) in [6, 6.07) is 0. The average molecular weight is 322 g/mol. The van der Waals surface area contributed by atoms with Crippen molar-refractivity contribution in [1.29, 1.82) is 0 Å². The molecule has 0 N–H and O–H groups in total. The van der Waals surface area contributed by atoms with Gasteiger partial charge in [0.1, 0.15) is 3.61 Å². The summed E-state index contributed by atoms with van der Waals surface area (Å²) in [5.41, 5.74) is 0.965. The zero-order chi connectivity index (χ0) is 11.1. The van der Waals surface area contributed by atoms with Crippen molar-refractivity contribution in [2.24, 2.45) is 0 Å². The molecular formula is C10H16BIO3. The topological polar surface area (TPSA) is 27.7 Å². The first-order valence-electron chi connectivity index (χ1n) is 5.24. The predicted molar refractivity (Wildman–Crippen MR) is 67.9 cm³/mol. The Morgan fingerprint density at radius 2 is 2.07 bits per heavy atom. The van der Waals surface area contributed by atoms with Crippen molar-refractivity contribution < 1.29 is 14.0 Å². The molecule has 1 saturated heterocycles. The molecule has 0 aromatic heterocycles. The Bertz CT molecular complexity index is 272. The van der Waals surface area contributed by atoms with Crippen molar-refractivity contribution in [2.45, 2.75) is 36.4 Å². The SMILES string of the molecule is CC1(C)OB(C2=CCOCC2)OC1(C)I. The van der Waals surface area contributed by atoms with Gasteiger partial charge in [0.05, 0.1) is 18.8 Å². The largest absolute Gasteiger partial charge is 0.491 e. The van der Waals surface area contributed by atoms with Crippen LogP contribution in [0.2, 0.25) is 0 Å². The highest BCUT2D eigenvalue weighted by Gasteiger charge is 2.53. The van der Waals surface area contributed by atoms with Gasteiger partial charge in [0, 0.05) is 0 Å². The fourth-order valence-corrected chi connectivity index (χ4v) is 2.00. The summed E-state index contributed by atoms with van der Waals surface area (Å²) in [7, 11) is -0.189. The molecule has 2 rings (SSSR count). The molecule has 2 aliphatic rings. The van der Waals surface area contributed by atoms with Crippen LogP contribution >= 0.6 is 22.6 Å². The van der Waals surface area contributed by atoms with E-state index in [-0.39, 0.29) is 16.3 Å².